The number of hydrogen-bond donors (Lipinski definition) is 2. The van der Waals surface area contributed by atoms with E-state index in [0.29, 0.717) is 12.2 Å². The molecule has 26 heavy (non-hydrogen) atoms. The van der Waals surface area contributed by atoms with E-state index in [1.165, 1.54) is 44.4 Å². The number of nitrogens with zero attached hydrogens (tertiary/aromatic N) is 1. The number of benzene rings is 2. The van der Waals surface area contributed by atoms with Gasteiger partial charge in [0.25, 0.3) is 10.0 Å². The van der Waals surface area contributed by atoms with Crippen LogP contribution < -0.4 is 10.0 Å². The van der Waals surface area contributed by atoms with E-state index in [9.17, 15) is 21.2 Å². The highest BCUT2D eigenvalue weighted by Gasteiger charge is 2.23. The number of anilines is 2. The summed E-state index contributed by atoms with van der Waals surface area (Å²) < 4.78 is 66.9. The van der Waals surface area contributed by atoms with Crippen molar-refractivity contribution in [3.05, 3.63) is 48.3 Å². The van der Waals surface area contributed by atoms with Gasteiger partial charge in [-0.15, -0.1) is 0 Å². The quantitative estimate of drug-likeness (QED) is 0.742. The van der Waals surface area contributed by atoms with E-state index in [2.05, 4.69) is 10.0 Å². The fraction of sp³-hybridized carbons (Fsp3) is 0.250. The zero-order valence-electron chi connectivity index (χ0n) is 14.5. The predicted octanol–water partition coefficient (Wildman–Crippen LogP) is 2.31. The minimum atomic E-state index is -4.24. The first kappa shape index (κ1) is 20.1. The normalized spacial score (nSPS) is 12.2. The Balaban J connectivity index is 2.55. The van der Waals surface area contributed by atoms with Crippen molar-refractivity contribution in [1.29, 1.82) is 0 Å². The molecule has 2 rings (SSSR count). The lowest BCUT2D eigenvalue weighted by Crippen LogP contribution is -2.23. The maximum atomic E-state index is 13.9. The lowest BCUT2D eigenvalue weighted by Gasteiger charge is -2.17. The molecule has 2 N–H and O–H groups in total. The van der Waals surface area contributed by atoms with Crippen LogP contribution in [0.15, 0.2) is 52.3 Å². The Morgan fingerprint density at radius 1 is 1.00 bits per heavy atom. The molecule has 0 aliphatic heterocycles. The highest BCUT2D eigenvalue weighted by atomic mass is 32.2. The molecule has 2 aromatic carbocycles. The van der Waals surface area contributed by atoms with Crippen LogP contribution in [0.4, 0.5) is 15.8 Å². The second-order valence-electron chi connectivity index (χ2n) is 5.56. The molecule has 10 heteroatoms. The highest BCUT2D eigenvalue weighted by molar-refractivity contribution is 7.92. The van der Waals surface area contributed by atoms with Crippen molar-refractivity contribution < 1.29 is 21.2 Å². The third-order valence-electron chi connectivity index (χ3n) is 3.51. The van der Waals surface area contributed by atoms with Gasteiger partial charge in [-0.25, -0.2) is 25.5 Å². The molecule has 142 valence electrons. The smallest absolute Gasteiger partial charge is 0.264 e. The summed E-state index contributed by atoms with van der Waals surface area (Å²) in [6.45, 7) is 2.29. The lowest BCUT2D eigenvalue weighted by atomic mass is 10.2. The molecule has 0 fully saturated rings. The van der Waals surface area contributed by atoms with Crippen LogP contribution in [0.1, 0.15) is 6.92 Å². The van der Waals surface area contributed by atoms with Gasteiger partial charge in [0.2, 0.25) is 10.0 Å². The van der Waals surface area contributed by atoms with Crippen molar-refractivity contribution in [2.45, 2.75) is 16.7 Å². The van der Waals surface area contributed by atoms with E-state index < -0.39 is 30.8 Å². The van der Waals surface area contributed by atoms with E-state index in [4.69, 9.17) is 0 Å². The Labute approximate surface area is 152 Å². The number of rotatable bonds is 7. The van der Waals surface area contributed by atoms with Gasteiger partial charge in [0.15, 0.2) is 0 Å². The van der Waals surface area contributed by atoms with Crippen molar-refractivity contribution in [3.63, 3.8) is 0 Å². The van der Waals surface area contributed by atoms with Crippen LogP contribution in [0, 0.1) is 5.82 Å². The number of hydrogen-bond acceptors (Lipinski definition) is 5. The first-order valence-electron chi connectivity index (χ1n) is 7.67. The second-order valence-corrected chi connectivity index (χ2v) is 9.36. The summed E-state index contributed by atoms with van der Waals surface area (Å²) in [5.41, 5.74) is 0.392. The Morgan fingerprint density at radius 2 is 1.65 bits per heavy atom. The molecule has 0 aliphatic carbocycles. The SMILES string of the molecule is CCNc1ccc(S(=O)(=O)N(C)C)cc1NS(=O)(=O)c1ccccc1F. The molecule has 0 spiro atoms. The summed E-state index contributed by atoms with van der Waals surface area (Å²) in [6.07, 6.45) is 0. The van der Waals surface area contributed by atoms with E-state index in [1.807, 2.05) is 0 Å². The number of halogens is 1. The average Bonchev–Trinajstić information content (AvgIpc) is 2.56. The molecular formula is C16H20FN3O4S2. The zero-order valence-corrected chi connectivity index (χ0v) is 16.2. The first-order valence-corrected chi connectivity index (χ1v) is 10.6. The Bertz CT molecular complexity index is 1010. The van der Waals surface area contributed by atoms with Gasteiger partial charge in [0.1, 0.15) is 10.7 Å². The summed E-state index contributed by atoms with van der Waals surface area (Å²) in [7, 11) is -5.26. The van der Waals surface area contributed by atoms with E-state index >= 15 is 0 Å². The van der Waals surface area contributed by atoms with Gasteiger partial charge >= 0.3 is 0 Å². The van der Waals surface area contributed by atoms with E-state index in [-0.39, 0.29) is 10.6 Å². The molecule has 0 radical (unpaired) electrons. The molecule has 0 atom stereocenters. The van der Waals surface area contributed by atoms with Crippen molar-refractivity contribution >= 4 is 31.4 Å². The molecule has 0 bridgehead atoms. The fourth-order valence-corrected chi connectivity index (χ4v) is 4.27. The van der Waals surface area contributed by atoms with Gasteiger partial charge in [-0.1, -0.05) is 12.1 Å². The minimum absolute atomic E-state index is 0.0121. The van der Waals surface area contributed by atoms with Gasteiger partial charge in [0.05, 0.1) is 16.3 Å². The van der Waals surface area contributed by atoms with Crippen molar-refractivity contribution in [3.8, 4) is 0 Å². The Kier molecular flexibility index (Phi) is 5.89. The number of sulfonamides is 2. The van der Waals surface area contributed by atoms with Crippen LogP contribution in [0.2, 0.25) is 0 Å². The summed E-state index contributed by atoms with van der Waals surface area (Å²) in [5, 5.41) is 2.94. The predicted molar refractivity (Wildman–Crippen MR) is 98.7 cm³/mol. The van der Waals surface area contributed by atoms with Crippen molar-refractivity contribution in [2.75, 3.05) is 30.7 Å². The van der Waals surface area contributed by atoms with Crippen molar-refractivity contribution in [2.24, 2.45) is 0 Å². The topological polar surface area (TPSA) is 95.6 Å². The van der Waals surface area contributed by atoms with Gasteiger partial charge in [0, 0.05) is 20.6 Å². The van der Waals surface area contributed by atoms with E-state index in [1.54, 1.807) is 6.92 Å². The van der Waals surface area contributed by atoms with Gasteiger partial charge in [-0.05, 0) is 37.3 Å². The fourth-order valence-electron chi connectivity index (χ4n) is 2.19. The van der Waals surface area contributed by atoms with Crippen LogP contribution in [-0.4, -0.2) is 41.8 Å². The third-order valence-corrected chi connectivity index (χ3v) is 6.72. The number of nitrogens with one attached hydrogen (secondary N) is 2. The van der Waals surface area contributed by atoms with Crippen LogP contribution in [0.5, 0.6) is 0 Å². The molecule has 2 aromatic rings. The molecule has 0 aromatic heterocycles. The van der Waals surface area contributed by atoms with Crippen LogP contribution >= 0.6 is 0 Å². The molecule has 0 amide bonds. The van der Waals surface area contributed by atoms with Gasteiger partial charge < -0.3 is 5.32 Å². The van der Waals surface area contributed by atoms with Crippen molar-refractivity contribution in [1.82, 2.24) is 4.31 Å². The highest BCUT2D eigenvalue weighted by Crippen LogP contribution is 2.29. The molecule has 0 unspecified atom stereocenters. The molecule has 0 saturated carbocycles. The van der Waals surface area contributed by atoms with Gasteiger partial charge in [-0.3, -0.25) is 4.72 Å². The third kappa shape index (κ3) is 4.14. The molecule has 7 nitrogen and oxygen atoms in total. The minimum Gasteiger partial charge on any atom is -0.384 e. The summed E-state index contributed by atoms with van der Waals surface area (Å²) >= 11 is 0. The Hall–Kier alpha value is -2.17. The second kappa shape index (κ2) is 7.60. The summed E-state index contributed by atoms with van der Waals surface area (Å²) in [5.74, 6) is -0.901. The standard InChI is InChI=1S/C16H20FN3O4S2/c1-4-18-14-10-9-12(26(23,24)20(2)3)11-15(14)19-25(21,22)16-8-6-5-7-13(16)17/h5-11,18-19H,4H2,1-3H3. The lowest BCUT2D eigenvalue weighted by molar-refractivity contribution is 0.520. The monoisotopic (exact) mass is 401 g/mol. The molecule has 0 heterocycles. The van der Waals surface area contributed by atoms with Crippen LogP contribution in [-0.2, 0) is 20.0 Å². The van der Waals surface area contributed by atoms with Crippen LogP contribution in [0.25, 0.3) is 0 Å². The maximum Gasteiger partial charge on any atom is 0.264 e. The molecule has 0 saturated heterocycles. The van der Waals surface area contributed by atoms with Gasteiger partial charge in [-0.2, -0.15) is 0 Å². The molecule has 0 aliphatic rings. The first-order chi connectivity index (χ1) is 12.1. The van der Waals surface area contributed by atoms with Crippen LogP contribution in [0.3, 0.4) is 0 Å². The van der Waals surface area contributed by atoms with E-state index in [0.717, 1.165) is 16.4 Å². The largest absolute Gasteiger partial charge is 0.384 e. The maximum absolute atomic E-state index is 13.9. The Morgan fingerprint density at radius 3 is 2.23 bits per heavy atom. The zero-order chi connectivity index (χ0) is 19.5. The summed E-state index contributed by atoms with van der Waals surface area (Å²) in [4.78, 5) is -0.612. The molecular weight excluding hydrogens is 381 g/mol. The average molecular weight is 401 g/mol. The summed E-state index contributed by atoms with van der Waals surface area (Å²) in [6, 6.07) is 8.97.